The fourth-order valence-electron chi connectivity index (χ4n) is 2.52. The van der Waals surface area contributed by atoms with Crippen molar-refractivity contribution in [2.75, 3.05) is 5.32 Å². The highest BCUT2D eigenvalue weighted by Gasteiger charge is 2.16. The molecule has 0 unspecified atom stereocenters. The molecular weight excluding hydrogens is 380 g/mol. The van der Waals surface area contributed by atoms with E-state index < -0.39 is 0 Å². The summed E-state index contributed by atoms with van der Waals surface area (Å²) in [7, 11) is 0. The van der Waals surface area contributed by atoms with Gasteiger partial charge < -0.3 is 10.3 Å². The van der Waals surface area contributed by atoms with E-state index >= 15 is 0 Å². The van der Waals surface area contributed by atoms with Crippen molar-refractivity contribution in [3.8, 4) is 6.07 Å². The number of hydrogen-bond acceptors (Lipinski definition) is 6. The zero-order valence-corrected chi connectivity index (χ0v) is 16.8. The first-order valence-electron chi connectivity index (χ1n) is 8.30. The zero-order valence-electron chi connectivity index (χ0n) is 15.1. The van der Waals surface area contributed by atoms with Gasteiger partial charge in [0.15, 0.2) is 0 Å². The number of anilines is 1. The lowest BCUT2D eigenvalue weighted by atomic mass is 10.2. The number of hydrogen-bond donors (Lipinski definition) is 2. The molecule has 2 aromatic heterocycles. The Morgan fingerprint density at radius 1 is 1.37 bits per heavy atom. The quantitative estimate of drug-likeness (QED) is 0.682. The molecule has 1 aromatic carbocycles. The van der Waals surface area contributed by atoms with Crippen LogP contribution in [0.3, 0.4) is 0 Å². The maximum Gasteiger partial charge on any atom is 0.259 e. The van der Waals surface area contributed by atoms with Gasteiger partial charge in [-0.15, -0.1) is 23.1 Å². The predicted molar refractivity (Wildman–Crippen MR) is 110 cm³/mol. The number of carbonyl (C=O) groups is 1. The van der Waals surface area contributed by atoms with Crippen LogP contribution in [-0.2, 0) is 10.5 Å². The Labute approximate surface area is 164 Å². The van der Waals surface area contributed by atoms with Gasteiger partial charge in [-0.2, -0.15) is 5.26 Å². The molecule has 0 spiro atoms. The molecule has 1 atom stereocenters. The van der Waals surface area contributed by atoms with Crippen molar-refractivity contribution in [3.05, 3.63) is 56.4 Å². The number of fused-ring (bicyclic) bond motifs is 1. The number of nitriles is 1. The summed E-state index contributed by atoms with van der Waals surface area (Å²) in [5.41, 5.74) is 2.02. The average Bonchev–Trinajstić information content (AvgIpc) is 2.94. The van der Waals surface area contributed by atoms with Gasteiger partial charge in [-0.25, -0.2) is 4.98 Å². The minimum absolute atomic E-state index is 0.132. The second-order valence-corrected chi connectivity index (χ2v) is 8.64. The molecule has 3 rings (SSSR count). The van der Waals surface area contributed by atoms with Crippen LogP contribution in [0.1, 0.15) is 28.8 Å². The Bertz CT molecular complexity index is 1090. The highest BCUT2D eigenvalue weighted by atomic mass is 32.2. The fourth-order valence-corrected chi connectivity index (χ4v) is 4.32. The Balaban J connectivity index is 1.65. The number of aromatic amines is 1. The number of amides is 1. The standard InChI is InChI=1S/C19H18N4O2S2/c1-10-11(2)27-19-16(10)18(25)22-15(23-19)9-26-12(3)17(24)21-14-6-4-13(8-20)5-7-14/h4-7,12H,9H2,1-3H3,(H,21,24)(H,22,23,25)/t12-/m1/s1. The Morgan fingerprint density at radius 3 is 2.74 bits per heavy atom. The van der Waals surface area contributed by atoms with Crippen LogP contribution in [0.2, 0.25) is 0 Å². The van der Waals surface area contributed by atoms with Gasteiger partial charge in [0, 0.05) is 10.6 Å². The van der Waals surface area contributed by atoms with Crippen LogP contribution in [0.15, 0.2) is 29.1 Å². The van der Waals surface area contributed by atoms with Crippen molar-refractivity contribution >= 4 is 44.9 Å². The minimum atomic E-state index is -0.326. The van der Waals surface area contributed by atoms with Crippen molar-refractivity contribution in [3.63, 3.8) is 0 Å². The highest BCUT2D eigenvalue weighted by molar-refractivity contribution is 7.99. The first-order valence-corrected chi connectivity index (χ1v) is 10.2. The summed E-state index contributed by atoms with van der Waals surface area (Å²) >= 11 is 2.91. The molecule has 8 heteroatoms. The van der Waals surface area contributed by atoms with E-state index in [0.717, 1.165) is 15.3 Å². The SMILES string of the molecule is Cc1sc2nc(CS[C@H](C)C(=O)Nc3ccc(C#N)cc3)[nH]c(=O)c2c1C. The van der Waals surface area contributed by atoms with Crippen LogP contribution in [-0.4, -0.2) is 21.1 Å². The van der Waals surface area contributed by atoms with E-state index in [4.69, 9.17) is 5.26 Å². The molecule has 3 aromatic rings. The highest BCUT2D eigenvalue weighted by Crippen LogP contribution is 2.26. The molecule has 2 N–H and O–H groups in total. The van der Waals surface area contributed by atoms with Crippen molar-refractivity contribution in [2.45, 2.75) is 31.8 Å². The Morgan fingerprint density at radius 2 is 2.07 bits per heavy atom. The third kappa shape index (κ3) is 4.21. The number of thioether (sulfide) groups is 1. The lowest BCUT2D eigenvalue weighted by molar-refractivity contribution is -0.115. The van der Waals surface area contributed by atoms with Gasteiger partial charge in [-0.1, -0.05) is 0 Å². The molecule has 0 aliphatic carbocycles. The van der Waals surface area contributed by atoms with Gasteiger partial charge in [-0.3, -0.25) is 9.59 Å². The largest absolute Gasteiger partial charge is 0.325 e. The molecule has 1 amide bonds. The molecular formula is C19H18N4O2S2. The summed E-state index contributed by atoms with van der Waals surface area (Å²) in [6, 6.07) is 8.74. The number of nitrogens with zero attached hydrogens (tertiary/aromatic N) is 2. The van der Waals surface area contributed by atoms with Gasteiger partial charge in [-0.05, 0) is 50.6 Å². The van der Waals surface area contributed by atoms with Crippen LogP contribution in [0.25, 0.3) is 10.2 Å². The third-order valence-electron chi connectivity index (χ3n) is 4.21. The summed E-state index contributed by atoms with van der Waals surface area (Å²) in [5, 5.41) is 12.0. The number of aromatic nitrogens is 2. The molecule has 0 aliphatic rings. The predicted octanol–water partition coefficient (Wildman–Crippen LogP) is 3.73. The van der Waals surface area contributed by atoms with Crippen LogP contribution in [0.5, 0.6) is 0 Å². The average molecular weight is 399 g/mol. The molecule has 0 saturated heterocycles. The number of H-pyrrole nitrogens is 1. The van der Waals surface area contributed by atoms with Gasteiger partial charge in [0.1, 0.15) is 10.7 Å². The number of carbonyl (C=O) groups excluding carboxylic acids is 1. The number of rotatable bonds is 5. The number of thiophene rings is 1. The Kier molecular flexibility index (Phi) is 5.63. The first-order chi connectivity index (χ1) is 12.9. The van der Waals surface area contributed by atoms with E-state index in [2.05, 4.69) is 15.3 Å². The van der Waals surface area contributed by atoms with E-state index in [1.807, 2.05) is 19.9 Å². The van der Waals surface area contributed by atoms with Crippen molar-refractivity contribution in [2.24, 2.45) is 0 Å². The molecule has 6 nitrogen and oxygen atoms in total. The van der Waals surface area contributed by atoms with Gasteiger partial charge in [0.25, 0.3) is 5.56 Å². The fraction of sp³-hybridized carbons (Fsp3) is 0.263. The second-order valence-electron chi connectivity index (χ2n) is 6.11. The molecule has 0 fully saturated rings. The van der Waals surface area contributed by atoms with Gasteiger partial charge >= 0.3 is 0 Å². The summed E-state index contributed by atoms with van der Waals surface area (Å²) < 4.78 is 0. The normalized spacial score (nSPS) is 11.9. The van der Waals surface area contributed by atoms with Crippen LogP contribution < -0.4 is 10.9 Å². The summed E-state index contributed by atoms with van der Waals surface area (Å²) in [6.07, 6.45) is 0. The summed E-state index contributed by atoms with van der Waals surface area (Å²) in [5.74, 6) is 0.857. The van der Waals surface area contributed by atoms with E-state index in [0.29, 0.717) is 28.2 Å². The van der Waals surface area contributed by atoms with E-state index in [1.54, 1.807) is 31.2 Å². The monoisotopic (exact) mass is 398 g/mol. The lowest BCUT2D eigenvalue weighted by Crippen LogP contribution is -2.23. The molecule has 0 bridgehead atoms. The van der Waals surface area contributed by atoms with Gasteiger partial charge in [0.2, 0.25) is 5.91 Å². The van der Waals surface area contributed by atoms with Crippen molar-refractivity contribution < 1.29 is 4.79 Å². The smallest absolute Gasteiger partial charge is 0.259 e. The molecule has 27 heavy (non-hydrogen) atoms. The molecule has 138 valence electrons. The molecule has 0 aliphatic heterocycles. The van der Waals surface area contributed by atoms with Crippen molar-refractivity contribution in [1.29, 1.82) is 5.26 Å². The summed E-state index contributed by atoms with van der Waals surface area (Å²) in [6.45, 7) is 5.71. The number of benzene rings is 1. The minimum Gasteiger partial charge on any atom is -0.325 e. The summed E-state index contributed by atoms with van der Waals surface area (Å²) in [4.78, 5) is 33.8. The maximum atomic E-state index is 12.3. The topological polar surface area (TPSA) is 98.6 Å². The maximum absolute atomic E-state index is 12.3. The zero-order chi connectivity index (χ0) is 19.6. The van der Waals surface area contributed by atoms with Gasteiger partial charge in [0.05, 0.1) is 28.0 Å². The van der Waals surface area contributed by atoms with Crippen LogP contribution in [0.4, 0.5) is 5.69 Å². The number of aryl methyl sites for hydroxylation is 2. The lowest BCUT2D eigenvalue weighted by Gasteiger charge is -2.11. The van der Waals surface area contributed by atoms with E-state index in [9.17, 15) is 9.59 Å². The first kappa shape index (κ1) is 19.1. The van der Waals surface area contributed by atoms with E-state index in [-0.39, 0.29) is 16.7 Å². The van der Waals surface area contributed by atoms with E-state index in [1.165, 1.54) is 23.1 Å². The Hall–Kier alpha value is -2.63. The van der Waals surface area contributed by atoms with Crippen molar-refractivity contribution in [1.82, 2.24) is 9.97 Å². The second kappa shape index (κ2) is 7.94. The molecule has 0 radical (unpaired) electrons. The third-order valence-corrected chi connectivity index (χ3v) is 6.46. The number of nitrogens with one attached hydrogen (secondary N) is 2. The molecule has 2 heterocycles. The molecule has 0 saturated carbocycles. The van der Waals surface area contributed by atoms with Crippen LogP contribution in [0, 0.1) is 25.2 Å². The van der Waals surface area contributed by atoms with Crippen LogP contribution >= 0.6 is 23.1 Å².